The van der Waals surface area contributed by atoms with Crippen molar-refractivity contribution >= 4 is 27.5 Å². The summed E-state index contributed by atoms with van der Waals surface area (Å²) in [5, 5.41) is 1.41. The smallest absolute Gasteiger partial charge is 0.0354 e. The summed E-state index contributed by atoms with van der Waals surface area (Å²) in [6.07, 6.45) is 9.34. The molecule has 0 N–H and O–H groups in total. The van der Waals surface area contributed by atoms with E-state index >= 15 is 0 Å². The van der Waals surface area contributed by atoms with Gasteiger partial charge in [-0.3, -0.25) is 0 Å². The molecule has 0 saturated heterocycles. The first-order valence-electron chi connectivity index (χ1n) is 19.2. The maximum atomic E-state index is 2.40. The lowest BCUT2D eigenvalue weighted by molar-refractivity contribution is 0.922. The Labute approximate surface area is 326 Å². The van der Waals surface area contributed by atoms with Gasteiger partial charge < -0.3 is 0 Å². The van der Waals surface area contributed by atoms with Gasteiger partial charge in [-0.05, 0) is 106 Å². The van der Waals surface area contributed by atoms with Gasteiger partial charge in [0.2, 0.25) is 0 Å². The molecule has 9 rings (SSSR count). The van der Waals surface area contributed by atoms with Crippen molar-refractivity contribution in [3.8, 4) is 44.5 Å². The fourth-order valence-electron chi connectivity index (χ4n) is 7.05. The van der Waals surface area contributed by atoms with Crippen molar-refractivity contribution in [3.63, 3.8) is 0 Å². The quantitative estimate of drug-likeness (QED) is 0.161. The van der Waals surface area contributed by atoms with Crippen molar-refractivity contribution in [2.75, 3.05) is 0 Å². The van der Waals surface area contributed by atoms with Crippen LogP contribution in [0.15, 0.2) is 182 Å². The third kappa shape index (κ3) is 9.05. The molecule has 7 aromatic carbocycles. The van der Waals surface area contributed by atoms with E-state index < -0.39 is 0 Å². The first-order valence-corrected chi connectivity index (χ1v) is 20.0. The topological polar surface area (TPSA) is 0 Å². The predicted molar refractivity (Wildman–Crippen MR) is 237 cm³/mol. The normalized spacial score (nSPS) is 11.5. The van der Waals surface area contributed by atoms with Crippen LogP contribution in [0.2, 0.25) is 0 Å². The third-order valence-corrected chi connectivity index (χ3v) is 11.3. The average Bonchev–Trinajstić information content (AvgIpc) is 3.60. The zero-order valence-electron chi connectivity index (χ0n) is 31.6. The molecule has 8 aromatic rings. The highest BCUT2D eigenvalue weighted by molar-refractivity contribution is 7.19. The highest BCUT2D eigenvalue weighted by atomic mass is 32.1. The largest absolute Gasteiger partial charge is 0.140 e. The fourth-order valence-corrected chi connectivity index (χ4v) is 8.34. The summed E-state index contributed by atoms with van der Waals surface area (Å²) in [6, 6.07) is 62.8. The van der Waals surface area contributed by atoms with Crippen molar-refractivity contribution < 1.29 is 0 Å². The molecule has 1 aliphatic rings. The average molecular weight is 717 g/mol. The minimum absolute atomic E-state index is 1.16. The number of hydrogen-bond acceptors (Lipinski definition) is 1. The van der Waals surface area contributed by atoms with E-state index in [2.05, 4.69) is 191 Å². The van der Waals surface area contributed by atoms with Crippen LogP contribution in [-0.2, 0) is 12.8 Å². The van der Waals surface area contributed by atoms with Gasteiger partial charge in [-0.25, -0.2) is 0 Å². The van der Waals surface area contributed by atoms with Crippen LogP contribution in [-0.4, -0.2) is 0 Å². The number of rotatable bonds is 6. The Kier molecular flexibility index (Phi) is 12.1. The van der Waals surface area contributed by atoms with Crippen LogP contribution in [0.3, 0.4) is 0 Å². The Bertz CT molecular complexity index is 2400. The summed E-state index contributed by atoms with van der Waals surface area (Å²) in [4.78, 5) is 1.54. The molecule has 0 amide bonds. The van der Waals surface area contributed by atoms with Gasteiger partial charge in [0.15, 0.2) is 0 Å². The van der Waals surface area contributed by atoms with E-state index in [1.807, 2.05) is 29.5 Å². The van der Waals surface area contributed by atoms with Crippen LogP contribution in [0.25, 0.3) is 60.7 Å². The van der Waals surface area contributed by atoms with E-state index in [4.69, 9.17) is 0 Å². The van der Waals surface area contributed by atoms with Gasteiger partial charge in [-0.15, -0.1) is 11.3 Å². The second-order valence-electron chi connectivity index (χ2n) is 14.0. The Balaban J connectivity index is 0.000000144. The Hall–Kier alpha value is -5.76. The summed E-state index contributed by atoms with van der Waals surface area (Å²) < 4.78 is 1.42. The van der Waals surface area contributed by atoms with Crippen LogP contribution in [0, 0.1) is 13.8 Å². The van der Waals surface area contributed by atoms with Gasteiger partial charge in [0, 0.05) is 15.0 Å². The number of fused-ring (bicyclic) bond motifs is 3. The standard InChI is InChI=1S/C25H20S.C21H20.C7H8/c1-17-15-25-23(21-9-5-6-10-24(21)26-25)16-22(17)20-13-11-19(12-14-20)18-7-3-2-4-8-18;1-2-6-17-9-11-19(12-10-17)21-15-13-20(14-16-21)18-7-4-3-5-8-18;1-7-5-3-2-4-6-7/h2-5,7-9,11-16H,6,10H2,1H3;3-5,7-16H,2,6H2,1H3;2-6H,1H3. The first kappa shape index (κ1) is 36.6. The van der Waals surface area contributed by atoms with E-state index in [-0.39, 0.29) is 0 Å². The lowest BCUT2D eigenvalue weighted by atomic mass is 9.94. The lowest BCUT2D eigenvalue weighted by Crippen LogP contribution is -1.88. The summed E-state index contributed by atoms with van der Waals surface area (Å²) in [5.74, 6) is 0. The van der Waals surface area contributed by atoms with Gasteiger partial charge in [-0.1, -0.05) is 195 Å². The predicted octanol–water partition coefficient (Wildman–Crippen LogP) is 15.5. The molecule has 0 fully saturated rings. The minimum Gasteiger partial charge on any atom is -0.140 e. The maximum Gasteiger partial charge on any atom is 0.0354 e. The number of aryl methyl sites for hydroxylation is 4. The molecule has 0 bridgehead atoms. The lowest BCUT2D eigenvalue weighted by Gasteiger charge is -2.09. The molecular weight excluding hydrogens is 669 g/mol. The van der Waals surface area contributed by atoms with Crippen molar-refractivity contribution in [1.29, 1.82) is 0 Å². The molecule has 1 aliphatic carbocycles. The van der Waals surface area contributed by atoms with Gasteiger partial charge >= 0.3 is 0 Å². The number of hydrogen-bond donors (Lipinski definition) is 0. The summed E-state index contributed by atoms with van der Waals surface area (Å²) in [6.45, 7) is 6.53. The van der Waals surface area contributed by atoms with Crippen LogP contribution in [0.4, 0.5) is 0 Å². The molecule has 0 nitrogen and oxygen atoms in total. The summed E-state index contributed by atoms with van der Waals surface area (Å²) >= 11 is 1.97. The number of allylic oxidation sites excluding steroid dienone is 1. The van der Waals surface area contributed by atoms with Crippen LogP contribution >= 0.6 is 11.3 Å². The summed E-state index contributed by atoms with van der Waals surface area (Å²) in [5.41, 5.74) is 15.8. The van der Waals surface area contributed by atoms with Crippen molar-refractivity contribution in [3.05, 3.63) is 209 Å². The van der Waals surface area contributed by atoms with E-state index in [1.54, 1.807) is 4.88 Å². The van der Waals surface area contributed by atoms with Gasteiger partial charge in [0.25, 0.3) is 0 Å². The van der Waals surface area contributed by atoms with Crippen molar-refractivity contribution in [2.45, 2.75) is 46.5 Å². The molecule has 1 aromatic heterocycles. The SMILES string of the molecule is CCCc1ccc(-c2ccc(-c3ccccc3)cc2)cc1.Cc1cc2sc3c(c2cc1-c1ccc(-c2ccccc2)cc1)C=CCC3.Cc1ccccc1. The van der Waals surface area contributed by atoms with E-state index in [0.717, 1.165) is 6.42 Å². The molecule has 0 aliphatic heterocycles. The van der Waals surface area contributed by atoms with Gasteiger partial charge in [0.1, 0.15) is 0 Å². The molecule has 54 heavy (non-hydrogen) atoms. The van der Waals surface area contributed by atoms with E-state index in [0.29, 0.717) is 0 Å². The fraction of sp³-hybridized carbons (Fsp3) is 0.132. The molecule has 1 heteroatoms. The molecular formula is C53H48S. The number of benzene rings is 7. The highest BCUT2D eigenvalue weighted by Gasteiger charge is 2.15. The molecule has 0 unspecified atom stereocenters. The molecule has 0 radical (unpaired) electrons. The highest BCUT2D eigenvalue weighted by Crippen LogP contribution is 2.39. The molecule has 1 heterocycles. The third-order valence-electron chi connectivity index (χ3n) is 10.0. The Morgan fingerprint density at radius 3 is 1.44 bits per heavy atom. The Morgan fingerprint density at radius 2 is 0.963 bits per heavy atom. The summed E-state index contributed by atoms with van der Waals surface area (Å²) in [7, 11) is 0. The van der Waals surface area contributed by atoms with E-state index in [1.165, 1.54) is 96.1 Å². The Morgan fingerprint density at radius 1 is 0.500 bits per heavy atom. The first-order chi connectivity index (χ1) is 26.6. The second-order valence-corrected chi connectivity index (χ2v) is 15.2. The second kappa shape index (κ2) is 17.8. The van der Waals surface area contributed by atoms with Gasteiger partial charge in [0.05, 0.1) is 0 Å². The van der Waals surface area contributed by atoms with Crippen LogP contribution < -0.4 is 0 Å². The maximum absolute atomic E-state index is 2.40. The molecule has 0 spiro atoms. The van der Waals surface area contributed by atoms with Crippen molar-refractivity contribution in [1.82, 2.24) is 0 Å². The van der Waals surface area contributed by atoms with Gasteiger partial charge in [-0.2, -0.15) is 0 Å². The molecule has 0 atom stereocenters. The van der Waals surface area contributed by atoms with E-state index in [9.17, 15) is 0 Å². The molecule has 266 valence electrons. The van der Waals surface area contributed by atoms with Crippen molar-refractivity contribution in [2.24, 2.45) is 0 Å². The van der Waals surface area contributed by atoms with Crippen LogP contribution in [0.1, 0.15) is 46.9 Å². The monoisotopic (exact) mass is 716 g/mol. The zero-order chi connectivity index (χ0) is 37.1. The molecule has 0 saturated carbocycles. The minimum atomic E-state index is 1.16. The number of thiophene rings is 1. The van der Waals surface area contributed by atoms with Crippen LogP contribution in [0.5, 0.6) is 0 Å². The zero-order valence-corrected chi connectivity index (χ0v) is 32.5.